The minimum Gasteiger partial charge on any atom is -0.352 e. The van der Waals surface area contributed by atoms with Crippen molar-refractivity contribution in [2.45, 2.75) is 26.3 Å². The SMILES string of the molecule is CCS(=O)(=O)N1CCC(C(=O)NCc2ccccc2Cl)CC1. The molecule has 1 aliphatic rings. The van der Waals surface area contributed by atoms with E-state index < -0.39 is 10.0 Å². The van der Waals surface area contributed by atoms with Crippen molar-refractivity contribution in [3.05, 3.63) is 34.9 Å². The van der Waals surface area contributed by atoms with E-state index in [0.29, 0.717) is 37.5 Å². The summed E-state index contributed by atoms with van der Waals surface area (Å²) in [7, 11) is -3.15. The minimum atomic E-state index is -3.15. The van der Waals surface area contributed by atoms with Gasteiger partial charge in [-0.3, -0.25) is 4.79 Å². The molecule has 0 spiro atoms. The maximum atomic E-state index is 12.2. The third-order valence-electron chi connectivity index (χ3n) is 3.99. The van der Waals surface area contributed by atoms with E-state index in [4.69, 9.17) is 11.6 Å². The van der Waals surface area contributed by atoms with Gasteiger partial charge in [0.05, 0.1) is 5.75 Å². The van der Waals surface area contributed by atoms with Gasteiger partial charge in [0.1, 0.15) is 0 Å². The molecule has 0 unspecified atom stereocenters. The lowest BCUT2D eigenvalue weighted by atomic mass is 9.97. The lowest BCUT2D eigenvalue weighted by molar-refractivity contribution is -0.126. The van der Waals surface area contributed by atoms with Gasteiger partial charge in [0, 0.05) is 30.6 Å². The summed E-state index contributed by atoms with van der Waals surface area (Å²) in [4.78, 5) is 12.2. The maximum Gasteiger partial charge on any atom is 0.223 e. The number of carbonyl (C=O) groups is 1. The zero-order chi connectivity index (χ0) is 16.2. The molecule has 1 amide bonds. The van der Waals surface area contributed by atoms with Gasteiger partial charge in [-0.15, -0.1) is 0 Å². The molecule has 7 heteroatoms. The number of amides is 1. The third-order valence-corrected chi connectivity index (χ3v) is 6.24. The van der Waals surface area contributed by atoms with Crippen molar-refractivity contribution >= 4 is 27.5 Å². The van der Waals surface area contributed by atoms with Crippen LogP contribution in [-0.2, 0) is 21.4 Å². The zero-order valence-electron chi connectivity index (χ0n) is 12.6. The number of piperidine rings is 1. The molecule has 0 saturated carbocycles. The van der Waals surface area contributed by atoms with Crippen LogP contribution in [0.25, 0.3) is 0 Å². The van der Waals surface area contributed by atoms with E-state index in [2.05, 4.69) is 5.32 Å². The van der Waals surface area contributed by atoms with E-state index in [0.717, 1.165) is 5.56 Å². The molecule has 122 valence electrons. The van der Waals surface area contributed by atoms with Crippen LogP contribution in [0.4, 0.5) is 0 Å². The van der Waals surface area contributed by atoms with Crippen molar-refractivity contribution in [2.75, 3.05) is 18.8 Å². The van der Waals surface area contributed by atoms with Crippen LogP contribution in [0.15, 0.2) is 24.3 Å². The van der Waals surface area contributed by atoms with Crippen LogP contribution >= 0.6 is 11.6 Å². The van der Waals surface area contributed by atoms with Crippen molar-refractivity contribution in [3.63, 3.8) is 0 Å². The molecule has 1 aliphatic heterocycles. The van der Waals surface area contributed by atoms with E-state index in [9.17, 15) is 13.2 Å². The molecule has 1 saturated heterocycles. The second-order valence-electron chi connectivity index (χ2n) is 5.38. The Labute approximate surface area is 136 Å². The number of sulfonamides is 1. The van der Waals surface area contributed by atoms with Crippen LogP contribution in [0.3, 0.4) is 0 Å². The number of hydrogen-bond acceptors (Lipinski definition) is 3. The van der Waals surface area contributed by atoms with E-state index in [1.54, 1.807) is 13.0 Å². The standard InChI is InChI=1S/C15H21ClN2O3S/c1-2-22(20,21)18-9-7-12(8-10-18)15(19)17-11-13-5-3-4-6-14(13)16/h3-6,12H,2,7-11H2,1H3,(H,17,19). The molecular weight excluding hydrogens is 324 g/mol. The summed E-state index contributed by atoms with van der Waals surface area (Å²) in [5.74, 6) is -0.0598. The van der Waals surface area contributed by atoms with Gasteiger partial charge in [-0.1, -0.05) is 29.8 Å². The Hall–Kier alpha value is -1.11. The summed E-state index contributed by atoms with van der Waals surface area (Å²) in [6, 6.07) is 7.38. The second-order valence-corrected chi connectivity index (χ2v) is 8.05. The van der Waals surface area contributed by atoms with Gasteiger partial charge in [-0.25, -0.2) is 12.7 Å². The number of nitrogens with zero attached hydrogens (tertiary/aromatic N) is 1. The predicted molar refractivity (Wildman–Crippen MR) is 87.1 cm³/mol. The van der Waals surface area contributed by atoms with Crippen molar-refractivity contribution in [2.24, 2.45) is 5.92 Å². The van der Waals surface area contributed by atoms with Crippen molar-refractivity contribution in [1.29, 1.82) is 0 Å². The molecule has 0 aliphatic carbocycles. The molecule has 0 atom stereocenters. The van der Waals surface area contributed by atoms with Gasteiger partial charge in [0.2, 0.25) is 15.9 Å². The number of nitrogens with one attached hydrogen (secondary N) is 1. The molecule has 1 heterocycles. The fraction of sp³-hybridized carbons (Fsp3) is 0.533. The van der Waals surface area contributed by atoms with Gasteiger partial charge >= 0.3 is 0 Å². The van der Waals surface area contributed by atoms with Crippen LogP contribution in [0.5, 0.6) is 0 Å². The molecule has 1 fully saturated rings. The molecule has 0 bridgehead atoms. The third kappa shape index (κ3) is 4.21. The Bertz CT molecular complexity index is 625. The van der Waals surface area contributed by atoms with E-state index >= 15 is 0 Å². The summed E-state index contributed by atoms with van der Waals surface area (Å²) >= 11 is 6.05. The largest absolute Gasteiger partial charge is 0.352 e. The fourth-order valence-electron chi connectivity index (χ4n) is 2.55. The summed E-state index contributed by atoms with van der Waals surface area (Å²) in [6.45, 7) is 2.87. The maximum absolute atomic E-state index is 12.2. The van der Waals surface area contributed by atoms with Crippen LogP contribution in [0.1, 0.15) is 25.3 Å². The first kappa shape index (κ1) is 17.2. The van der Waals surface area contributed by atoms with E-state index in [1.807, 2.05) is 18.2 Å². The lowest BCUT2D eigenvalue weighted by Crippen LogP contribution is -2.43. The average molecular weight is 345 g/mol. The molecule has 0 aromatic heterocycles. The number of benzene rings is 1. The monoisotopic (exact) mass is 344 g/mol. The van der Waals surface area contributed by atoms with Crippen LogP contribution in [-0.4, -0.2) is 37.5 Å². The summed E-state index contributed by atoms with van der Waals surface area (Å²) in [6.07, 6.45) is 1.13. The Morgan fingerprint density at radius 2 is 1.95 bits per heavy atom. The summed E-state index contributed by atoms with van der Waals surface area (Å²) < 4.78 is 25.1. The van der Waals surface area contributed by atoms with Gasteiger partial charge in [-0.2, -0.15) is 0 Å². The highest BCUT2D eigenvalue weighted by molar-refractivity contribution is 7.89. The number of carbonyl (C=O) groups excluding carboxylic acids is 1. The quantitative estimate of drug-likeness (QED) is 0.888. The molecule has 1 N–H and O–H groups in total. The Balaban J connectivity index is 1.84. The van der Waals surface area contributed by atoms with Crippen LogP contribution in [0, 0.1) is 5.92 Å². The molecule has 2 rings (SSSR count). The van der Waals surface area contributed by atoms with Crippen molar-refractivity contribution in [1.82, 2.24) is 9.62 Å². The number of halogens is 1. The average Bonchev–Trinajstić information content (AvgIpc) is 2.54. The van der Waals surface area contributed by atoms with Crippen molar-refractivity contribution < 1.29 is 13.2 Å². The van der Waals surface area contributed by atoms with E-state index in [-0.39, 0.29) is 17.6 Å². The van der Waals surface area contributed by atoms with Crippen molar-refractivity contribution in [3.8, 4) is 0 Å². The summed E-state index contributed by atoms with van der Waals surface area (Å²) in [5.41, 5.74) is 0.878. The number of rotatable bonds is 5. The first-order valence-corrected chi connectivity index (χ1v) is 9.41. The molecular formula is C15H21ClN2O3S. The fourth-order valence-corrected chi connectivity index (χ4v) is 3.88. The highest BCUT2D eigenvalue weighted by Crippen LogP contribution is 2.20. The summed E-state index contributed by atoms with van der Waals surface area (Å²) in [5, 5.41) is 3.52. The van der Waals surface area contributed by atoms with Crippen LogP contribution < -0.4 is 5.32 Å². The second kappa shape index (κ2) is 7.44. The van der Waals surface area contributed by atoms with E-state index in [1.165, 1.54) is 4.31 Å². The lowest BCUT2D eigenvalue weighted by Gasteiger charge is -2.30. The predicted octanol–water partition coefficient (Wildman–Crippen LogP) is 2.02. The topological polar surface area (TPSA) is 66.5 Å². The number of hydrogen-bond donors (Lipinski definition) is 1. The first-order valence-electron chi connectivity index (χ1n) is 7.43. The van der Waals surface area contributed by atoms with Crippen LogP contribution in [0.2, 0.25) is 5.02 Å². The molecule has 22 heavy (non-hydrogen) atoms. The highest BCUT2D eigenvalue weighted by Gasteiger charge is 2.29. The molecule has 5 nitrogen and oxygen atoms in total. The Morgan fingerprint density at radius 3 is 2.55 bits per heavy atom. The Kier molecular flexibility index (Phi) is 5.83. The van der Waals surface area contributed by atoms with Gasteiger partial charge in [0.15, 0.2) is 0 Å². The molecule has 0 radical (unpaired) electrons. The smallest absolute Gasteiger partial charge is 0.223 e. The van der Waals surface area contributed by atoms with Gasteiger partial charge in [0.25, 0.3) is 0 Å². The minimum absolute atomic E-state index is 0.0338. The normalized spacial score (nSPS) is 17.4. The highest BCUT2D eigenvalue weighted by atomic mass is 35.5. The van der Waals surface area contributed by atoms with Gasteiger partial charge < -0.3 is 5.32 Å². The Morgan fingerprint density at radius 1 is 1.32 bits per heavy atom. The molecule has 1 aromatic rings. The molecule has 1 aromatic carbocycles. The first-order chi connectivity index (χ1) is 10.4. The zero-order valence-corrected chi connectivity index (χ0v) is 14.2. The van der Waals surface area contributed by atoms with Gasteiger partial charge in [-0.05, 0) is 31.4 Å².